The summed E-state index contributed by atoms with van der Waals surface area (Å²) >= 11 is 0. The maximum Gasteiger partial charge on any atom is 0.125 e. The van der Waals surface area contributed by atoms with E-state index in [1.54, 1.807) is 0 Å². The van der Waals surface area contributed by atoms with Gasteiger partial charge in [-0.15, -0.1) is 0 Å². The summed E-state index contributed by atoms with van der Waals surface area (Å²) in [4.78, 5) is 0. The molecule has 0 aliphatic carbocycles. The number of hydrogen-bond acceptors (Lipinski definition) is 0. The standard InChI is InChI=1S/C8H10F2/c1-6(2)8(10)5-4-7(3)9/h4-5H,1H2,2-3H3/b7-4+,8-5+. The van der Waals surface area contributed by atoms with Crippen LogP contribution >= 0.6 is 0 Å². The summed E-state index contributed by atoms with van der Waals surface area (Å²) in [5.74, 6) is -0.909. The van der Waals surface area contributed by atoms with Crippen molar-refractivity contribution in [3.8, 4) is 0 Å². The van der Waals surface area contributed by atoms with Crippen molar-refractivity contribution in [2.45, 2.75) is 13.8 Å². The van der Waals surface area contributed by atoms with E-state index in [0.717, 1.165) is 12.2 Å². The summed E-state index contributed by atoms with van der Waals surface area (Å²) in [6, 6.07) is 0. The summed E-state index contributed by atoms with van der Waals surface area (Å²) in [7, 11) is 0. The van der Waals surface area contributed by atoms with Crippen LogP contribution in [0.2, 0.25) is 0 Å². The molecule has 0 heterocycles. The average molecular weight is 144 g/mol. The SMILES string of the molecule is C=C(C)/C(F)=C\C=C(/C)F. The van der Waals surface area contributed by atoms with Crippen LogP contribution in [0.25, 0.3) is 0 Å². The highest BCUT2D eigenvalue weighted by molar-refractivity contribution is 5.24. The van der Waals surface area contributed by atoms with E-state index in [4.69, 9.17) is 0 Å². The van der Waals surface area contributed by atoms with Crippen LogP contribution in [0, 0.1) is 0 Å². The molecule has 0 saturated heterocycles. The van der Waals surface area contributed by atoms with Gasteiger partial charge in [-0.3, -0.25) is 0 Å². The van der Waals surface area contributed by atoms with Crippen LogP contribution in [-0.4, -0.2) is 0 Å². The molecule has 56 valence electrons. The molecular formula is C8H10F2. The van der Waals surface area contributed by atoms with Crippen LogP contribution < -0.4 is 0 Å². The van der Waals surface area contributed by atoms with Crippen LogP contribution in [0.1, 0.15) is 13.8 Å². The van der Waals surface area contributed by atoms with E-state index in [9.17, 15) is 8.78 Å². The van der Waals surface area contributed by atoms with Crippen LogP contribution in [0.4, 0.5) is 8.78 Å². The molecule has 0 spiro atoms. The molecule has 0 bridgehead atoms. The summed E-state index contributed by atoms with van der Waals surface area (Å²) in [5, 5.41) is 0. The highest BCUT2D eigenvalue weighted by Crippen LogP contribution is 2.08. The fraction of sp³-hybridized carbons (Fsp3) is 0.250. The molecule has 0 N–H and O–H groups in total. The van der Waals surface area contributed by atoms with E-state index in [1.807, 2.05) is 0 Å². The summed E-state index contributed by atoms with van der Waals surface area (Å²) < 4.78 is 24.4. The molecule has 0 aliphatic rings. The zero-order valence-corrected chi connectivity index (χ0v) is 6.12. The largest absolute Gasteiger partial charge is 0.212 e. The van der Waals surface area contributed by atoms with Gasteiger partial charge in [0.25, 0.3) is 0 Å². The van der Waals surface area contributed by atoms with Crippen molar-refractivity contribution < 1.29 is 8.78 Å². The molecular weight excluding hydrogens is 134 g/mol. The van der Waals surface area contributed by atoms with Gasteiger partial charge < -0.3 is 0 Å². The number of rotatable bonds is 2. The van der Waals surface area contributed by atoms with Crippen LogP contribution in [0.15, 0.2) is 36.0 Å². The first-order valence-electron chi connectivity index (χ1n) is 2.89. The van der Waals surface area contributed by atoms with Gasteiger partial charge in [-0.05, 0) is 31.6 Å². The molecule has 0 rings (SSSR count). The molecule has 0 aromatic rings. The molecule has 0 saturated carbocycles. The summed E-state index contributed by atoms with van der Waals surface area (Å²) in [6.45, 7) is 6.11. The van der Waals surface area contributed by atoms with E-state index >= 15 is 0 Å². The molecule has 0 aromatic carbocycles. The molecule has 0 radical (unpaired) electrons. The highest BCUT2D eigenvalue weighted by atomic mass is 19.1. The number of allylic oxidation sites excluding steroid dienone is 5. The molecule has 0 aliphatic heterocycles. The van der Waals surface area contributed by atoms with Crippen LogP contribution in [-0.2, 0) is 0 Å². The van der Waals surface area contributed by atoms with E-state index in [2.05, 4.69) is 6.58 Å². The van der Waals surface area contributed by atoms with Gasteiger partial charge in [0.15, 0.2) is 0 Å². The predicted molar refractivity (Wildman–Crippen MR) is 38.9 cm³/mol. The van der Waals surface area contributed by atoms with Gasteiger partial charge in [0, 0.05) is 0 Å². The molecule has 0 atom stereocenters. The summed E-state index contributed by atoms with van der Waals surface area (Å²) in [6.07, 6.45) is 2.11. The normalized spacial score (nSPS) is 13.6. The lowest BCUT2D eigenvalue weighted by Gasteiger charge is -1.89. The highest BCUT2D eigenvalue weighted by Gasteiger charge is 1.90. The third-order valence-electron chi connectivity index (χ3n) is 0.867. The molecule has 0 fully saturated rings. The second-order valence-corrected chi connectivity index (χ2v) is 2.05. The van der Waals surface area contributed by atoms with E-state index in [0.29, 0.717) is 5.57 Å². The van der Waals surface area contributed by atoms with Crippen molar-refractivity contribution in [2.75, 3.05) is 0 Å². The Kier molecular flexibility index (Phi) is 3.62. The van der Waals surface area contributed by atoms with Crippen molar-refractivity contribution in [1.82, 2.24) is 0 Å². The van der Waals surface area contributed by atoms with Gasteiger partial charge >= 0.3 is 0 Å². The first-order chi connectivity index (χ1) is 4.54. The monoisotopic (exact) mass is 144 g/mol. The first kappa shape index (κ1) is 9.08. The number of halogens is 2. The third-order valence-corrected chi connectivity index (χ3v) is 0.867. The van der Waals surface area contributed by atoms with Gasteiger partial charge in [0.1, 0.15) is 5.83 Å². The minimum Gasteiger partial charge on any atom is -0.212 e. The zero-order valence-electron chi connectivity index (χ0n) is 6.12. The lowest BCUT2D eigenvalue weighted by molar-refractivity contribution is 0.633. The van der Waals surface area contributed by atoms with Crippen molar-refractivity contribution >= 4 is 0 Å². The smallest absolute Gasteiger partial charge is 0.125 e. The van der Waals surface area contributed by atoms with Crippen LogP contribution in [0.3, 0.4) is 0 Å². The molecule has 0 amide bonds. The molecule has 0 aromatic heterocycles. The Balaban J connectivity index is 4.19. The number of hydrogen-bond donors (Lipinski definition) is 0. The Hall–Kier alpha value is -0.920. The third kappa shape index (κ3) is 4.01. The van der Waals surface area contributed by atoms with Gasteiger partial charge in [0.05, 0.1) is 5.83 Å². The van der Waals surface area contributed by atoms with Crippen molar-refractivity contribution in [1.29, 1.82) is 0 Å². The van der Waals surface area contributed by atoms with Crippen LogP contribution in [0.5, 0.6) is 0 Å². The Morgan fingerprint density at radius 3 is 2.00 bits per heavy atom. The Labute approximate surface area is 59.6 Å². The van der Waals surface area contributed by atoms with Gasteiger partial charge in [-0.1, -0.05) is 6.58 Å². The average Bonchev–Trinajstić information content (AvgIpc) is 1.82. The van der Waals surface area contributed by atoms with Gasteiger partial charge in [0.2, 0.25) is 0 Å². The topological polar surface area (TPSA) is 0 Å². The van der Waals surface area contributed by atoms with Gasteiger partial charge in [-0.2, -0.15) is 0 Å². The molecule has 0 nitrogen and oxygen atoms in total. The van der Waals surface area contributed by atoms with Gasteiger partial charge in [-0.25, -0.2) is 8.78 Å². The molecule has 0 unspecified atom stereocenters. The maximum atomic E-state index is 12.4. The Bertz CT molecular complexity index is 183. The fourth-order valence-electron chi connectivity index (χ4n) is 0.330. The Morgan fingerprint density at radius 1 is 1.20 bits per heavy atom. The second kappa shape index (κ2) is 3.99. The minimum atomic E-state index is -0.489. The van der Waals surface area contributed by atoms with E-state index in [1.165, 1.54) is 13.8 Å². The predicted octanol–water partition coefficient (Wildman–Crippen LogP) is 3.29. The lowest BCUT2D eigenvalue weighted by Crippen LogP contribution is -1.71. The summed E-state index contributed by atoms with van der Waals surface area (Å²) in [5.41, 5.74) is 0.303. The van der Waals surface area contributed by atoms with Crippen molar-refractivity contribution in [2.24, 2.45) is 0 Å². The second-order valence-electron chi connectivity index (χ2n) is 2.05. The fourth-order valence-corrected chi connectivity index (χ4v) is 0.330. The molecule has 2 heteroatoms. The maximum absolute atomic E-state index is 12.4. The molecule has 10 heavy (non-hydrogen) atoms. The first-order valence-corrected chi connectivity index (χ1v) is 2.89. The van der Waals surface area contributed by atoms with E-state index in [-0.39, 0.29) is 0 Å². The zero-order chi connectivity index (χ0) is 8.15. The van der Waals surface area contributed by atoms with Crippen molar-refractivity contribution in [3.05, 3.63) is 36.0 Å². The quantitative estimate of drug-likeness (QED) is 0.521. The van der Waals surface area contributed by atoms with E-state index < -0.39 is 11.7 Å². The van der Waals surface area contributed by atoms with Crippen molar-refractivity contribution in [3.63, 3.8) is 0 Å². The minimum absolute atomic E-state index is 0.303. The lowest BCUT2D eigenvalue weighted by atomic mass is 10.3. The Morgan fingerprint density at radius 2 is 1.70 bits per heavy atom.